The molecule has 134 valence electrons. The molecule has 1 aromatic carbocycles. The molecule has 0 unspecified atom stereocenters. The van der Waals surface area contributed by atoms with Gasteiger partial charge in [-0.2, -0.15) is 5.26 Å². The molecule has 3 aromatic rings. The van der Waals surface area contributed by atoms with Crippen LogP contribution in [0.3, 0.4) is 0 Å². The Bertz CT molecular complexity index is 952. The number of nitrogens with zero attached hydrogens (tertiary/aromatic N) is 3. The van der Waals surface area contributed by atoms with E-state index in [1.54, 1.807) is 11.4 Å². The molecule has 2 aromatic heterocycles. The Labute approximate surface area is 161 Å². The van der Waals surface area contributed by atoms with Crippen molar-refractivity contribution in [1.82, 2.24) is 9.55 Å². The predicted molar refractivity (Wildman–Crippen MR) is 108 cm³/mol. The number of aryl methyl sites for hydroxylation is 1. The van der Waals surface area contributed by atoms with Crippen LogP contribution in [-0.2, 0) is 11.3 Å². The highest BCUT2D eigenvalue weighted by molar-refractivity contribution is 7.99. The average molecular weight is 385 g/mol. The van der Waals surface area contributed by atoms with E-state index in [0.29, 0.717) is 16.5 Å². The molecule has 0 aliphatic carbocycles. The van der Waals surface area contributed by atoms with Gasteiger partial charge < -0.3 is 9.88 Å². The van der Waals surface area contributed by atoms with Crippen LogP contribution in [0.15, 0.2) is 40.9 Å². The fourth-order valence-electron chi connectivity index (χ4n) is 2.55. The second-order valence-electron chi connectivity index (χ2n) is 6.33. The summed E-state index contributed by atoms with van der Waals surface area (Å²) in [6.07, 6.45) is 1.06. The molecule has 0 spiro atoms. The smallest absolute Gasteiger partial charge is 0.235 e. The lowest BCUT2D eigenvalue weighted by atomic mass is 10.1. The van der Waals surface area contributed by atoms with Crippen molar-refractivity contribution in [2.45, 2.75) is 32.0 Å². The summed E-state index contributed by atoms with van der Waals surface area (Å²) in [4.78, 5) is 17.0. The maximum atomic E-state index is 12.3. The van der Waals surface area contributed by atoms with E-state index >= 15 is 0 Å². The Morgan fingerprint density at radius 2 is 2.19 bits per heavy atom. The molecule has 2 heterocycles. The number of fused-ring (bicyclic) bond motifs is 1. The van der Waals surface area contributed by atoms with E-state index in [2.05, 4.69) is 40.9 Å². The van der Waals surface area contributed by atoms with Crippen molar-refractivity contribution in [2.24, 2.45) is 5.92 Å². The minimum absolute atomic E-state index is 0.128. The number of benzene rings is 1. The zero-order valence-electron chi connectivity index (χ0n) is 14.7. The number of aromatic nitrogens is 2. The third-order valence-corrected chi connectivity index (χ3v) is 5.73. The third kappa shape index (κ3) is 4.26. The molecule has 0 fully saturated rings. The zero-order chi connectivity index (χ0) is 18.5. The van der Waals surface area contributed by atoms with E-state index in [4.69, 9.17) is 5.26 Å². The van der Waals surface area contributed by atoms with Gasteiger partial charge in [0, 0.05) is 6.54 Å². The summed E-state index contributed by atoms with van der Waals surface area (Å²) in [5.41, 5.74) is 2.54. The fourth-order valence-corrected chi connectivity index (χ4v) is 4.15. The first kappa shape index (κ1) is 18.5. The van der Waals surface area contributed by atoms with Gasteiger partial charge in [-0.15, -0.1) is 11.3 Å². The first-order valence-corrected chi connectivity index (χ1v) is 10.3. The van der Waals surface area contributed by atoms with Crippen LogP contribution in [0, 0.1) is 17.2 Å². The van der Waals surface area contributed by atoms with E-state index in [1.807, 2.05) is 18.2 Å². The SMILES string of the molecule is CC(C)CCn1c(SCC(=O)Nc2sccc2C#N)nc2ccccc21. The number of carbonyl (C=O) groups is 1. The Hall–Kier alpha value is -2.30. The van der Waals surface area contributed by atoms with Gasteiger partial charge >= 0.3 is 0 Å². The third-order valence-electron chi connectivity index (χ3n) is 3.92. The second kappa shape index (κ2) is 8.39. The standard InChI is InChI=1S/C19H20N4OS2/c1-13(2)7-9-23-16-6-4-3-5-15(16)21-19(23)26-12-17(24)22-18-14(11-20)8-10-25-18/h3-6,8,10,13H,7,9,12H2,1-2H3,(H,22,24). The van der Waals surface area contributed by atoms with Gasteiger partial charge in [0.15, 0.2) is 5.16 Å². The maximum absolute atomic E-state index is 12.3. The second-order valence-corrected chi connectivity index (χ2v) is 8.19. The van der Waals surface area contributed by atoms with Gasteiger partial charge in [0.2, 0.25) is 5.91 Å². The first-order valence-electron chi connectivity index (χ1n) is 8.44. The highest BCUT2D eigenvalue weighted by Crippen LogP contribution is 2.26. The minimum atomic E-state index is -0.128. The first-order chi connectivity index (χ1) is 12.6. The monoisotopic (exact) mass is 384 g/mol. The summed E-state index contributed by atoms with van der Waals surface area (Å²) in [5, 5.41) is 15.1. The number of nitriles is 1. The van der Waals surface area contributed by atoms with Crippen molar-refractivity contribution >= 4 is 45.0 Å². The predicted octanol–water partition coefficient (Wildman–Crippen LogP) is 4.75. The number of para-hydroxylation sites is 2. The molecule has 0 bridgehead atoms. The van der Waals surface area contributed by atoms with Crippen molar-refractivity contribution < 1.29 is 4.79 Å². The highest BCUT2D eigenvalue weighted by atomic mass is 32.2. The molecule has 0 aliphatic heterocycles. The number of hydrogen-bond donors (Lipinski definition) is 1. The zero-order valence-corrected chi connectivity index (χ0v) is 16.4. The van der Waals surface area contributed by atoms with Gasteiger partial charge in [-0.3, -0.25) is 4.79 Å². The summed E-state index contributed by atoms with van der Waals surface area (Å²) in [6.45, 7) is 5.28. The summed E-state index contributed by atoms with van der Waals surface area (Å²) in [6, 6.07) is 11.8. The number of rotatable bonds is 7. The van der Waals surface area contributed by atoms with Gasteiger partial charge in [0.1, 0.15) is 11.1 Å². The maximum Gasteiger partial charge on any atom is 0.235 e. The number of carbonyl (C=O) groups excluding carboxylic acids is 1. The molecule has 1 amide bonds. The lowest BCUT2D eigenvalue weighted by Crippen LogP contribution is -2.14. The number of imidazole rings is 1. The van der Waals surface area contributed by atoms with Crippen LogP contribution < -0.4 is 5.32 Å². The highest BCUT2D eigenvalue weighted by Gasteiger charge is 2.14. The van der Waals surface area contributed by atoms with Crippen LogP contribution in [-0.4, -0.2) is 21.2 Å². The summed E-state index contributed by atoms with van der Waals surface area (Å²) in [7, 11) is 0. The number of thioether (sulfide) groups is 1. The molecule has 0 radical (unpaired) electrons. The van der Waals surface area contributed by atoms with Crippen molar-refractivity contribution in [1.29, 1.82) is 5.26 Å². The van der Waals surface area contributed by atoms with E-state index in [-0.39, 0.29) is 11.7 Å². The average Bonchev–Trinajstić information content (AvgIpc) is 3.21. The quantitative estimate of drug-likeness (QED) is 0.597. The molecule has 7 heteroatoms. The Morgan fingerprint density at radius 3 is 2.96 bits per heavy atom. The van der Waals surface area contributed by atoms with Crippen LogP contribution in [0.1, 0.15) is 25.8 Å². The van der Waals surface area contributed by atoms with E-state index in [9.17, 15) is 4.79 Å². The number of thiophene rings is 1. The van der Waals surface area contributed by atoms with Crippen LogP contribution in [0.5, 0.6) is 0 Å². The molecule has 1 N–H and O–H groups in total. The molecule has 5 nitrogen and oxygen atoms in total. The summed E-state index contributed by atoms with van der Waals surface area (Å²) >= 11 is 2.79. The van der Waals surface area contributed by atoms with Crippen molar-refractivity contribution in [3.05, 3.63) is 41.3 Å². The van der Waals surface area contributed by atoms with Crippen molar-refractivity contribution in [3.8, 4) is 6.07 Å². The van der Waals surface area contributed by atoms with Crippen molar-refractivity contribution in [3.63, 3.8) is 0 Å². The molecular weight excluding hydrogens is 364 g/mol. The molecular formula is C19H20N4OS2. The van der Waals surface area contributed by atoms with Gasteiger partial charge in [-0.1, -0.05) is 37.7 Å². The van der Waals surface area contributed by atoms with Crippen LogP contribution >= 0.6 is 23.1 Å². The molecule has 0 aliphatic rings. The molecule has 3 rings (SSSR count). The van der Waals surface area contributed by atoms with Crippen LogP contribution in [0.2, 0.25) is 0 Å². The molecule has 0 saturated carbocycles. The lowest BCUT2D eigenvalue weighted by molar-refractivity contribution is -0.113. The molecule has 0 atom stereocenters. The number of hydrogen-bond acceptors (Lipinski definition) is 5. The largest absolute Gasteiger partial charge is 0.319 e. The fraction of sp³-hybridized carbons (Fsp3) is 0.316. The van der Waals surface area contributed by atoms with Gasteiger partial charge in [-0.05, 0) is 35.9 Å². The normalized spacial score (nSPS) is 11.0. The van der Waals surface area contributed by atoms with Crippen LogP contribution in [0.25, 0.3) is 11.0 Å². The van der Waals surface area contributed by atoms with Gasteiger partial charge in [-0.25, -0.2) is 4.98 Å². The topological polar surface area (TPSA) is 70.7 Å². The Morgan fingerprint density at radius 1 is 1.38 bits per heavy atom. The van der Waals surface area contributed by atoms with Crippen LogP contribution in [0.4, 0.5) is 5.00 Å². The molecule has 0 saturated heterocycles. The van der Waals surface area contributed by atoms with Gasteiger partial charge in [0.25, 0.3) is 0 Å². The van der Waals surface area contributed by atoms with E-state index in [0.717, 1.165) is 29.2 Å². The van der Waals surface area contributed by atoms with Crippen molar-refractivity contribution in [2.75, 3.05) is 11.1 Å². The lowest BCUT2D eigenvalue weighted by Gasteiger charge is -2.10. The minimum Gasteiger partial charge on any atom is -0.319 e. The summed E-state index contributed by atoms with van der Waals surface area (Å²) in [5.74, 6) is 0.727. The summed E-state index contributed by atoms with van der Waals surface area (Å²) < 4.78 is 2.19. The molecule has 26 heavy (non-hydrogen) atoms. The number of anilines is 1. The van der Waals surface area contributed by atoms with E-state index < -0.39 is 0 Å². The number of nitrogens with one attached hydrogen (secondary N) is 1. The van der Waals surface area contributed by atoms with E-state index in [1.165, 1.54) is 23.1 Å². The number of amides is 1. The van der Waals surface area contributed by atoms with Gasteiger partial charge in [0.05, 0.1) is 22.3 Å². The Balaban J connectivity index is 1.72. The Kier molecular flexibility index (Phi) is 5.96.